The van der Waals surface area contributed by atoms with Crippen LogP contribution in [0.4, 0.5) is 4.39 Å². The number of nitrogens with zero attached hydrogens (tertiary/aromatic N) is 3. The number of morpholine rings is 1. The Bertz CT molecular complexity index is 1280. The SMILES string of the molecule is CSc1ccc(-c2cc3nccc(-c4ccc(F)c(C(=O)N5CCOCC5)c4)c3o2)cn1. The Morgan fingerprint density at radius 2 is 1.88 bits per heavy atom. The van der Waals surface area contributed by atoms with E-state index in [2.05, 4.69) is 9.97 Å². The molecule has 1 aliphatic rings. The lowest BCUT2D eigenvalue weighted by molar-refractivity contribution is 0.0300. The molecule has 32 heavy (non-hydrogen) atoms. The molecule has 4 aromatic rings. The topological polar surface area (TPSA) is 68.5 Å². The normalized spacial score (nSPS) is 14.1. The molecule has 0 atom stereocenters. The molecular weight excluding hydrogens is 429 g/mol. The van der Waals surface area contributed by atoms with E-state index in [1.165, 1.54) is 6.07 Å². The fourth-order valence-electron chi connectivity index (χ4n) is 3.75. The van der Waals surface area contributed by atoms with Gasteiger partial charge in [-0.25, -0.2) is 9.37 Å². The highest BCUT2D eigenvalue weighted by Crippen LogP contribution is 2.34. The van der Waals surface area contributed by atoms with Crippen molar-refractivity contribution in [2.45, 2.75) is 5.03 Å². The Kier molecular flexibility index (Phi) is 5.63. The zero-order chi connectivity index (χ0) is 22.1. The van der Waals surface area contributed by atoms with Crippen molar-refractivity contribution in [3.63, 3.8) is 0 Å². The Morgan fingerprint density at radius 3 is 2.62 bits per heavy atom. The molecule has 3 aromatic heterocycles. The lowest BCUT2D eigenvalue weighted by Crippen LogP contribution is -2.41. The molecule has 1 aliphatic heterocycles. The molecule has 0 unspecified atom stereocenters. The number of benzene rings is 1. The van der Waals surface area contributed by atoms with E-state index in [9.17, 15) is 9.18 Å². The summed E-state index contributed by atoms with van der Waals surface area (Å²) in [5.41, 5.74) is 3.56. The van der Waals surface area contributed by atoms with Gasteiger partial charge in [-0.2, -0.15) is 0 Å². The molecule has 5 rings (SSSR count). The second-order valence-corrected chi connectivity index (χ2v) is 8.20. The summed E-state index contributed by atoms with van der Waals surface area (Å²) in [4.78, 5) is 23.3. The summed E-state index contributed by atoms with van der Waals surface area (Å²) in [5.74, 6) is -0.236. The summed E-state index contributed by atoms with van der Waals surface area (Å²) >= 11 is 1.57. The first-order valence-electron chi connectivity index (χ1n) is 10.2. The first-order valence-corrected chi connectivity index (χ1v) is 11.4. The second-order valence-electron chi connectivity index (χ2n) is 7.37. The average molecular weight is 450 g/mol. The van der Waals surface area contributed by atoms with Crippen LogP contribution < -0.4 is 0 Å². The largest absolute Gasteiger partial charge is 0.454 e. The number of fused-ring (bicyclic) bond motifs is 1. The van der Waals surface area contributed by atoms with Crippen molar-refractivity contribution in [2.75, 3.05) is 32.6 Å². The summed E-state index contributed by atoms with van der Waals surface area (Å²) in [6.07, 6.45) is 5.42. The number of carbonyl (C=O) groups is 1. The zero-order valence-electron chi connectivity index (χ0n) is 17.4. The number of hydrogen-bond acceptors (Lipinski definition) is 6. The van der Waals surface area contributed by atoms with Crippen LogP contribution in [0.3, 0.4) is 0 Å². The lowest BCUT2D eigenvalue weighted by atomic mass is 10.0. The predicted octanol–water partition coefficient (Wildman–Crippen LogP) is 4.89. The number of halogens is 1. The smallest absolute Gasteiger partial charge is 0.257 e. The second kappa shape index (κ2) is 8.72. The molecule has 0 N–H and O–H groups in total. The molecule has 1 saturated heterocycles. The van der Waals surface area contributed by atoms with E-state index in [-0.39, 0.29) is 11.5 Å². The molecule has 162 valence electrons. The standard InChI is InChI=1S/C24H20FN3O3S/c1-32-22-5-3-16(14-27-22)21-13-20-23(31-21)17(6-7-26-20)15-2-4-19(25)18(12-15)24(29)28-8-10-30-11-9-28/h2-7,12-14H,8-11H2,1H3. The van der Waals surface area contributed by atoms with Crippen LogP contribution in [-0.4, -0.2) is 53.3 Å². The minimum absolute atomic E-state index is 0.0398. The number of thioether (sulfide) groups is 1. The summed E-state index contributed by atoms with van der Waals surface area (Å²) in [7, 11) is 0. The number of carbonyl (C=O) groups excluding carboxylic acids is 1. The summed E-state index contributed by atoms with van der Waals surface area (Å²) < 4.78 is 26.0. The molecule has 0 radical (unpaired) electrons. The highest BCUT2D eigenvalue weighted by atomic mass is 32.2. The van der Waals surface area contributed by atoms with Crippen molar-refractivity contribution in [1.29, 1.82) is 0 Å². The molecule has 6 nitrogen and oxygen atoms in total. The lowest BCUT2D eigenvalue weighted by Gasteiger charge is -2.27. The van der Waals surface area contributed by atoms with E-state index in [0.29, 0.717) is 48.7 Å². The van der Waals surface area contributed by atoms with E-state index >= 15 is 0 Å². The van der Waals surface area contributed by atoms with Crippen molar-refractivity contribution in [1.82, 2.24) is 14.9 Å². The Hall–Kier alpha value is -3.23. The van der Waals surface area contributed by atoms with Crippen LogP contribution in [0.25, 0.3) is 33.6 Å². The molecule has 0 aliphatic carbocycles. The van der Waals surface area contributed by atoms with Crippen molar-refractivity contribution >= 4 is 28.8 Å². The minimum Gasteiger partial charge on any atom is -0.454 e. The van der Waals surface area contributed by atoms with Gasteiger partial charge in [-0.05, 0) is 42.2 Å². The molecule has 0 spiro atoms. The zero-order valence-corrected chi connectivity index (χ0v) is 18.2. The van der Waals surface area contributed by atoms with Crippen molar-refractivity contribution < 1.29 is 18.3 Å². The number of hydrogen-bond donors (Lipinski definition) is 0. The fraction of sp³-hybridized carbons (Fsp3) is 0.208. The summed E-state index contributed by atoms with van der Waals surface area (Å²) in [6, 6.07) is 12.1. The number of amides is 1. The molecule has 0 saturated carbocycles. The third-order valence-corrected chi connectivity index (χ3v) is 6.11. The first kappa shape index (κ1) is 20.7. The maximum atomic E-state index is 14.6. The monoisotopic (exact) mass is 449 g/mol. The van der Waals surface area contributed by atoms with E-state index in [1.807, 2.05) is 24.5 Å². The van der Waals surface area contributed by atoms with Gasteiger partial charge in [-0.1, -0.05) is 6.07 Å². The molecule has 1 aromatic carbocycles. The van der Waals surface area contributed by atoms with Crippen LogP contribution in [0, 0.1) is 5.82 Å². The van der Waals surface area contributed by atoms with Crippen molar-refractivity contribution in [3.05, 3.63) is 66.2 Å². The Labute approximate surface area is 188 Å². The molecule has 1 fully saturated rings. The Morgan fingerprint density at radius 1 is 1.06 bits per heavy atom. The number of aromatic nitrogens is 2. The number of pyridine rings is 2. The fourth-order valence-corrected chi connectivity index (χ4v) is 4.11. The summed E-state index contributed by atoms with van der Waals surface area (Å²) in [5, 5.41) is 0.924. The van der Waals surface area contributed by atoms with Gasteiger partial charge < -0.3 is 14.1 Å². The number of ether oxygens (including phenoxy) is 1. The highest BCUT2D eigenvalue weighted by molar-refractivity contribution is 7.98. The third-order valence-electron chi connectivity index (χ3n) is 5.45. The first-order chi connectivity index (χ1) is 15.6. The van der Waals surface area contributed by atoms with Crippen LogP contribution in [0.2, 0.25) is 0 Å². The number of rotatable bonds is 4. The van der Waals surface area contributed by atoms with Crippen LogP contribution >= 0.6 is 11.8 Å². The van der Waals surface area contributed by atoms with E-state index in [1.54, 1.807) is 47.3 Å². The van der Waals surface area contributed by atoms with Gasteiger partial charge in [0.15, 0.2) is 5.58 Å². The van der Waals surface area contributed by atoms with E-state index in [4.69, 9.17) is 9.15 Å². The van der Waals surface area contributed by atoms with Crippen LogP contribution in [0.5, 0.6) is 0 Å². The molecule has 0 bridgehead atoms. The Balaban J connectivity index is 1.54. The minimum atomic E-state index is -0.546. The van der Waals surface area contributed by atoms with Gasteiger partial charge in [-0.15, -0.1) is 11.8 Å². The average Bonchev–Trinajstić information content (AvgIpc) is 3.29. The molecule has 4 heterocycles. The van der Waals surface area contributed by atoms with Gasteiger partial charge in [-0.3, -0.25) is 9.78 Å². The van der Waals surface area contributed by atoms with Gasteiger partial charge in [0.1, 0.15) is 17.1 Å². The van der Waals surface area contributed by atoms with Gasteiger partial charge in [0, 0.05) is 42.7 Å². The van der Waals surface area contributed by atoms with Crippen molar-refractivity contribution in [3.8, 4) is 22.5 Å². The third kappa shape index (κ3) is 3.87. The van der Waals surface area contributed by atoms with Gasteiger partial charge >= 0.3 is 0 Å². The van der Waals surface area contributed by atoms with Crippen LogP contribution in [-0.2, 0) is 4.74 Å². The van der Waals surface area contributed by atoms with Crippen LogP contribution in [0.15, 0.2) is 64.3 Å². The highest BCUT2D eigenvalue weighted by Gasteiger charge is 2.23. The van der Waals surface area contributed by atoms with Gasteiger partial charge in [0.2, 0.25) is 0 Å². The molecular formula is C24H20FN3O3S. The van der Waals surface area contributed by atoms with Crippen molar-refractivity contribution in [2.24, 2.45) is 0 Å². The summed E-state index contributed by atoms with van der Waals surface area (Å²) in [6.45, 7) is 1.82. The maximum Gasteiger partial charge on any atom is 0.257 e. The molecule has 1 amide bonds. The molecule has 8 heteroatoms. The maximum absolute atomic E-state index is 14.6. The van der Waals surface area contributed by atoms with Gasteiger partial charge in [0.05, 0.1) is 23.8 Å². The predicted molar refractivity (Wildman–Crippen MR) is 121 cm³/mol. The quantitative estimate of drug-likeness (QED) is 0.413. The van der Waals surface area contributed by atoms with E-state index < -0.39 is 5.82 Å². The van der Waals surface area contributed by atoms with E-state index in [0.717, 1.165) is 16.2 Å². The van der Waals surface area contributed by atoms with Crippen LogP contribution in [0.1, 0.15) is 10.4 Å². The number of furan rings is 1. The van der Waals surface area contributed by atoms with Gasteiger partial charge in [0.25, 0.3) is 5.91 Å².